The Morgan fingerprint density at radius 1 is 1.60 bits per heavy atom. The van der Waals surface area contributed by atoms with E-state index >= 15 is 0 Å². The van der Waals surface area contributed by atoms with Crippen LogP contribution in [0.2, 0.25) is 0 Å². The van der Waals surface area contributed by atoms with Gasteiger partial charge in [-0.25, -0.2) is 4.68 Å². The molecule has 4 nitrogen and oxygen atoms in total. The van der Waals surface area contributed by atoms with Gasteiger partial charge in [0, 0.05) is 19.2 Å². The molecule has 0 spiro atoms. The molecule has 1 saturated heterocycles. The number of nitrogens with one attached hydrogen (secondary N) is 1. The molecule has 1 N–H and O–H groups in total. The summed E-state index contributed by atoms with van der Waals surface area (Å²) in [5, 5.41) is 7.53. The van der Waals surface area contributed by atoms with Crippen LogP contribution in [0.3, 0.4) is 0 Å². The van der Waals surface area contributed by atoms with Crippen molar-refractivity contribution in [2.24, 2.45) is 0 Å². The maximum absolute atomic E-state index is 5.70. The van der Waals surface area contributed by atoms with Gasteiger partial charge in [0.25, 0.3) is 0 Å². The van der Waals surface area contributed by atoms with Crippen LogP contribution in [-0.4, -0.2) is 29.5 Å². The first kappa shape index (κ1) is 10.5. The number of ether oxygens (including phenoxy) is 1. The lowest BCUT2D eigenvalue weighted by molar-refractivity contribution is 0.00435. The standard InChI is InChI=1S/C11H19N3O/c1-9-7-13-14(11(9)12-2)8-10-5-3-4-6-15-10/h7,10,12H,3-6,8H2,1-2H3. The minimum absolute atomic E-state index is 0.338. The van der Waals surface area contributed by atoms with E-state index < -0.39 is 0 Å². The highest BCUT2D eigenvalue weighted by Gasteiger charge is 2.16. The van der Waals surface area contributed by atoms with Crippen LogP contribution in [0.1, 0.15) is 24.8 Å². The van der Waals surface area contributed by atoms with E-state index in [9.17, 15) is 0 Å². The molecule has 2 rings (SSSR count). The van der Waals surface area contributed by atoms with Crippen molar-refractivity contribution < 1.29 is 4.74 Å². The Morgan fingerprint density at radius 3 is 3.13 bits per heavy atom. The van der Waals surface area contributed by atoms with Crippen LogP contribution >= 0.6 is 0 Å². The maximum Gasteiger partial charge on any atom is 0.127 e. The molecular weight excluding hydrogens is 190 g/mol. The first-order chi connectivity index (χ1) is 7.31. The van der Waals surface area contributed by atoms with Gasteiger partial charge in [-0.1, -0.05) is 0 Å². The van der Waals surface area contributed by atoms with Gasteiger partial charge in [0.1, 0.15) is 5.82 Å². The Morgan fingerprint density at radius 2 is 2.47 bits per heavy atom. The van der Waals surface area contributed by atoms with Crippen molar-refractivity contribution in [1.29, 1.82) is 0 Å². The SMILES string of the molecule is CNc1c(C)cnn1CC1CCCCO1. The van der Waals surface area contributed by atoms with Crippen molar-refractivity contribution in [1.82, 2.24) is 9.78 Å². The molecule has 0 amide bonds. The number of aryl methyl sites for hydroxylation is 1. The molecule has 1 aromatic rings. The molecule has 2 heterocycles. The van der Waals surface area contributed by atoms with Crippen LogP contribution < -0.4 is 5.32 Å². The Balaban J connectivity index is 2.02. The summed E-state index contributed by atoms with van der Waals surface area (Å²) in [6, 6.07) is 0. The van der Waals surface area contributed by atoms with Gasteiger partial charge < -0.3 is 10.1 Å². The molecule has 0 aliphatic carbocycles. The van der Waals surface area contributed by atoms with Gasteiger partial charge in [-0.05, 0) is 26.2 Å². The monoisotopic (exact) mass is 209 g/mol. The van der Waals surface area contributed by atoms with E-state index in [-0.39, 0.29) is 0 Å². The van der Waals surface area contributed by atoms with Crippen LogP contribution in [-0.2, 0) is 11.3 Å². The van der Waals surface area contributed by atoms with Crippen molar-refractivity contribution in [2.45, 2.75) is 38.8 Å². The lowest BCUT2D eigenvalue weighted by Gasteiger charge is -2.23. The fraction of sp³-hybridized carbons (Fsp3) is 0.727. The van der Waals surface area contributed by atoms with E-state index in [2.05, 4.69) is 17.3 Å². The van der Waals surface area contributed by atoms with Crippen LogP contribution in [0.25, 0.3) is 0 Å². The Bertz CT molecular complexity index is 316. The second-order valence-corrected chi connectivity index (χ2v) is 4.10. The third-order valence-electron chi connectivity index (χ3n) is 2.91. The average molecular weight is 209 g/mol. The molecule has 1 fully saturated rings. The van der Waals surface area contributed by atoms with Crippen LogP contribution in [0.5, 0.6) is 0 Å². The summed E-state index contributed by atoms with van der Waals surface area (Å²) >= 11 is 0. The molecule has 1 aliphatic rings. The first-order valence-corrected chi connectivity index (χ1v) is 5.63. The number of anilines is 1. The summed E-state index contributed by atoms with van der Waals surface area (Å²) in [5.74, 6) is 1.10. The molecule has 15 heavy (non-hydrogen) atoms. The highest BCUT2D eigenvalue weighted by molar-refractivity contribution is 5.42. The molecule has 4 heteroatoms. The van der Waals surface area contributed by atoms with Gasteiger partial charge in [0.05, 0.1) is 18.8 Å². The van der Waals surface area contributed by atoms with Gasteiger partial charge in [0.2, 0.25) is 0 Å². The summed E-state index contributed by atoms with van der Waals surface area (Å²) in [5.41, 5.74) is 1.19. The molecule has 0 aromatic carbocycles. The lowest BCUT2D eigenvalue weighted by Crippen LogP contribution is -2.25. The molecule has 0 radical (unpaired) electrons. The van der Waals surface area contributed by atoms with Crippen molar-refractivity contribution in [3.05, 3.63) is 11.8 Å². The number of nitrogens with zero attached hydrogens (tertiary/aromatic N) is 2. The second-order valence-electron chi connectivity index (χ2n) is 4.10. The largest absolute Gasteiger partial charge is 0.376 e. The number of aromatic nitrogens is 2. The lowest BCUT2D eigenvalue weighted by atomic mass is 10.1. The molecule has 1 aromatic heterocycles. The Hall–Kier alpha value is -1.03. The smallest absolute Gasteiger partial charge is 0.127 e. The Labute approximate surface area is 90.6 Å². The molecule has 1 unspecified atom stereocenters. The van der Waals surface area contributed by atoms with Crippen molar-refractivity contribution >= 4 is 5.82 Å². The summed E-state index contributed by atoms with van der Waals surface area (Å²) in [7, 11) is 1.93. The topological polar surface area (TPSA) is 39.1 Å². The predicted octanol–water partition coefficient (Wildman–Crippen LogP) is 1.80. The van der Waals surface area contributed by atoms with Crippen LogP contribution in [0.15, 0.2) is 6.20 Å². The molecule has 1 aliphatic heterocycles. The fourth-order valence-electron chi connectivity index (χ4n) is 2.09. The number of hydrogen-bond acceptors (Lipinski definition) is 3. The first-order valence-electron chi connectivity index (χ1n) is 5.63. The normalized spacial score (nSPS) is 21.6. The summed E-state index contributed by atoms with van der Waals surface area (Å²) in [6.45, 7) is 3.83. The molecule has 1 atom stereocenters. The van der Waals surface area contributed by atoms with E-state index in [1.165, 1.54) is 18.4 Å². The zero-order valence-corrected chi connectivity index (χ0v) is 9.49. The summed E-state index contributed by atoms with van der Waals surface area (Å²) in [4.78, 5) is 0. The zero-order valence-electron chi connectivity index (χ0n) is 9.49. The van der Waals surface area contributed by atoms with Crippen molar-refractivity contribution in [3.63, 3.8) is 0 Å². The fourth-order valence-corrected chi connectivity index (χ4v) is 2.09. The van der Waals surface area contributed by atoms with Gasteiger partial charge in [-0.15, -0.1) is 0 Å². The van der Waals surface area contributed by atoms with E-state index in [4.69, 9.17) is 4.74 Å². The molecule has 0 bridgehead atoms. The maximum atomic E-state index is 5.70. The van der Waals surface area contributed by atoms with Gasteiger partial charge >= 0.3 is 0 Å². The quantitative estimate of drug-likeness (QED) is 0.825. The summed E-state index contributed by atoms with van der Waals surface area (Å²) in [6.07, 6.45) is 5.87. The molecule has 0 saturated carbocycles. The third-order valence-corrected chi connectivity index (χ3v) is 2.91. The number of hydrogen-bond donors (Lipinski definition) is 1. The minimum Gasteiger partial charge on any atom is -0.376 e. The molecule has 84 valence electrons. The zero-order chi connectivity index (χ0) is 10.7. The van der Waals surface area contributed by atoms with E-state index in [0.29, 0.717) is 6.10 Å². The van der Waals surface area contributed by atoms with Gasteiger partial charge in [0.15, 0.2) is 0 Å². The highest BCUT2D eigenvalue weighted by atomic mass is 16.5. The molecular formula is C11H19N3O. The predicted molar refractivity (Wildman–Crippen MR) is 60.1 cm³/mol. The second kappa shape index (κ2) is 4.66. The number of rotatable bonds is 3. The highest BCUT2D eigenvalue weighted by Crippen LogP contribution is 2.18. The van der Waals surface area contributed by atoms with Crippen LogP contribution in [0.4, 0.5) is 5.82 Å². The van der Waals surface area contributed by atoms with E-state index in [1.54, 1.807) is 0 Å². The van der Waals surface area contributed by atoms with E-state index in [0.717, 1.165) is 25.4 Å². The average Bonchev–Trinajstić information content (AvgIpc) is 2.61. The van der Waals surface area contributed by atoms with Crippen molar-refractivity contribution in [2.75, 3.05) is 19.0 Å². The minimum atomic E-state index is 0.338. The van der Waals surface area contributed by atoms with Crippen molar-refractivity contribution in [3.8, 4) is 0 Å². The van der Waals surface area contributed by atoms with E-state index in [1.807, 2.05) is 17.9 Å². The third kappa shape index (κ3) is 2.31. The summed E-state index contributed by atoms with van der Waals surface area (Å²) < 4.78 is 7.71. The van der Waals surface area contributed by atoms with Gasteiger partial charge in [-0.3, -0.25) is 0 Å². The van der Waals surface area contributed by atoms with Gasteiger partial charge in [-0.2, -0.15) is 5.10 Å². The Kier molecular flexibility index (Phi) is 3.26. The van der Waals surface area contributed by atoms with Crippen LogP contribution in [0, 0.1) is 6.92 Å².